The number of nitrogens with two attached hydrogens (primary N) is 1. The summed E-state index contributed by atoms with van der Waals surface area (Å²) in [7, 11) is 0. The Morgan fingerprint density at radius 2 is 2.23 bits per heavy atom. The van der Waals surface area contributed by atoms with Crippen LogP contribution in [-0.4, -0.2) is 41.2 Å². The van der Waals surface area contributed by atoms with E-state index in [0.717, 1.165) is 47.3 Å². The number of anilines is 2. The molecule has 0 aromatic carbocycles. The zero-order valence-electron chi connectivity index (χ0n) is 16.6. The molecule has 1 unspecified atom stereocenters. The summed E-state index contributed by atoms with van der Waals surface area (Å²) in [5.74, 6) is -0.290. The van der Waals surface area contributed by atoms with Gasteiger partial charge >= 0.3 is 6.09 Å². The average Bonchev–Trinajstić information content (AvgIpc) is 3.16. The molecule has 1 fully saturated rings. The number of nitrogens with zero attached hydrogens (tertiary/aromatic N) is 3. The predicted octanol–water partition coefficient (Wildman–Crippen LogP) is 3.57. The van der Waals surface area contributed by atoms with E-state index in [2.05, 4.69) is 32.5 Å². The number of thiophene rings is 1. The lowest BCUT2D eigenvalue weighted by molar-refractivity contribution is 0.0966. The molecular weight excluding hydrogens is 402 g/mol. The third kappa shape index (κ3) is 4.20. The summed E-state index contributed by atoms with van der Waals surface area (Å²) in [6.07, 6.45) is 4.72. The molecule has 2 amide bonds. The number of aryl methyl sites for hydroxylation is 1. The molecule has 1 aliphatic rings. The summed E-state index contributed by atoms with van der Waals surface area (Å²) in [4.78, 5) is 34.8. The maximum absolute atomic E-state index is 12.9. The second kappa shape index (κ2) is 8.66. The Kier molecular flexibility index (Phi) is 5.80. The Bertz CT molecular complexity index is 1080. The topological polar surface area (TPSA) is 110 Å². The van der Waals surface area contributed by atoms with Crippen molar-refractivity contribution in [2.45, 2.75) is 32.3 Å². The van der Waals surface area contributed by atoms with Crippen molar-refractivity contribution in [2.75, 3.05) is 23.3 Å². The van der Waals surface area contributed by atoms with Gasteiger partial charge in [-0.05, 0) is 48.4 Å². The number of fused-ring (bicyclic) bond motifs is 1. The third-order valence-electron chi connectivity index (χ3n) is 5.15. The summed E-state index contributed by atoms with van der Waals surface area (Å²) in [6.45, 7) is 3.37. The van der Waals surface area contributed by atoms with Gasteiger partial charge in [-0.25, -0.2) is 9.78 Å². The number of pyridine rings is 2. The summed E-state index contributed by atoms with van der Waals surface area (Å²) < 4.78 is 6.24. The first-order chi connectivity index (χ1) is 14.5. The van der Waals surface area contributed by atoms with E-state index >= 15 is 0 Å². The maximum Gasteiger partial charge on any atom is 0.404 e. The molecule has 156 valence electrons. The van der Waals surface area contributed by atoms with E-state index in [4.69, 9.17) is 10.5 Å². The summed E-state index contributed by atoms with van der Waals surface area (Å²) in [5, 5.41) is 5.02. The number of amides is 2. The molecule has 9 heteroatoms. The zero-order chi connectivity index (χ0) is 21.1. The number of carbonyl (C=O) groups is 2. The van der Waals surface area contributed by atoms with E-state index in [0.29, 0.717) is 17.9 Å². The second-order valence-corrected chi connectivity index (χ2v) is 8.06. The molecular formula is C21H23N5O3S. The first-order valence-electron chi connectivity index (χ1n) is 9.88. The minimum absolute atomic E-state index is 0.275. The molecule has 0 aliphatic carbocycles. The zero-order valence-corrected chi connectivity index (χ0v) is 17.4. The fourth-order valence-corrected chi connectivity index (χ4v) is 4.68. The number of primary amides is 1. The van der Waals surface area contributed by atoms with Crippen LogP contribution in [-0.2, 0) is 11.2 Å². The number of ether oxygens (including phenoxy) is 1. The molecule has 3 aromatic heterocycles. The van der Waals surface area contributed by atoms with Gasteiger partial charge in [0.2, 0.25) is 0 Å². The minimum Gasteiger partial charge on any atom is -0.445 e. The van der Waals surface area contributed by atoms with Crippen LogP contribution >= 0.6 is 11.3 Å². The lowest BCUT2D eigenvalue weighted by Crippen LogP contribution is -2.41. The van der Waals surface area contributed by atoms with Gasteiger partial charge in [-0.2, -0.15) is 0 Å². The van der Waals surface area contributed by atoms with Crippen LogP contribution in [0.25, 0.3) is 10.2 Å². The molecule has 3 aromatic rings. The summed E-state index contributed by atoms with van der Waals surface area (Å²) in [5.41, 5.74) is 8.95. The molecule has 8 nitrogen and oxygen atoms in total. The van der Waals surface area contributed by atoms with Crippen LogP contribution in [0, 0.1) is 0 Å². The molecule has 4 heterocycles. The maximum atomic E-state index is 12.9. The highest BCUT2D eigenvalue weighted by Gasteiger charge is 2.25. The van der Waals surface area contributed by atoms with Crippen LogP contribution in [0.4, 0.5) is 16.2 Å². The number of carbonyl (C=O) groups excluding carboxylic acids is 2. The number of hydrogen-bond donors (Lipinski definition) is 2. The minimum atomic E-state index is -0.772. The number of aromatic nitrogens is 2. The summed E-state index contributed by atoms with van der Waals surface area (Å²) in [6, 6.07) is 5.51. The molecule has 3 N–H and O–H groups in total. The number of hydrogen-bond acceptors (Lipinski definition) is 7. The Morgan fingerprint density at radius 3 is 3.03 bits per heavy atom. The van der Waals surface area contributed by atoms with Gasteiger partial charge in [0, 0.05) is 12.7 Å². The number of nitrogens with one attached hydrogen (secondary N) is 1. The SMILES string of the molecule is CCc1csc2ccc(C(=O)Nc3cnccc3N3CCCC(OC(N)=O)C3)nc12. The Morgan fingerprint density at radius 1 is 1.37 bits per heavy atom. The van der Waals surface area contributed by atoms with Gasteiger partial charge in [0.05, 0.1) is 34.3 Å². The quantitative estimate of drug-likeness (QED) is 0.647. The normalized spacial score (nSPS) is 16.4. The van der Waals surface area contributed by atoms with Crippen LogP contribution in [0.1, 0.15) is 35.8 Å². The van der Waals surface area contributed by atoms with E-state index in [9.17, 15) is 9.59 Å². The van der Waals surface area contributed by atoms with Crippen molar-refractivity contribution in [2.24, 2.45) is 5.73 Å². The van der Waals surface area contributed by atoms with E-state index in [1.807, 2.05) is 12.1 Å². The van der Waals surface area contributed by atoms with Crippen LogP contribution in [0.5, 0.6) is 0 Å². The fraction of sp³-hybridized carbons (Fsp3) is 0.333. The standard InChI is InChI=1S/C21H23N5O3S/c1-2-13-12-30-18-6-5-15(24-19(13)18)20(27)25-16-10-23-8-7-17(16)26-9-3-4-14(11-26)29-21(22)28/h5-8,10,12,14H,2-4,9,11H2,1H3,(H2,22,28)(H,25,27). The van der Waals surface area contributed by atoms with Gasteiger partial charge < -0.3 is 20.7 Å². The Labute approximate surface area is 178 Å². The van der Waals surface area contributed by atoms with Crippen LogP contribution in [0.3, 0.4) is 0 Å². The highest BCUT2D eigenvalue weighted by Crippen LogP contribution is 2.29. The first-order valence-corrected chi connectivity index (χ1v) is 10.8. The van der Waals surface area contributed by atoms with Gasteiger partial charge in [-0.15, -0.1) is 11.3 Å². The van der Waals surface area contributed by atoms with Crippen molar-refractivity contribution >= 4 is 44.9 Å². The van der Waals surface area contributed by atoms with Crippen molar-refractivity contribution in [3.05, 3.63) is 47.2 Å². The molecule has 4 rings (SSSR count). The molecule has 0 spiro atoms. The van der Waals surface area contributed by atoms with E-state index < -0.39 is 6.09 Å². The van der Waals surface area contributed by atoms with E-state index in [1.165, 1.54) is 0 Å². The molecule has 30 heavy (non-hydrogen) atoms. The van der Waals surface area contributed by atoms with Crippen molar-refractivity contribution < 1.29 is 14.3 Å². The lowest BCUT2D eigenvalue weighted by Gasteiger charge is -2.34. The number of piperidine rings is 1. The van der Waals surface area contributed by atoms with Crippen LogP contribution < -0.4 is 16.0 Å². The lowest BCUT2D eigenvalue weighted by atomic mass is 10.1. The van der Waals surface area contributed by atoms with Crippen molar-refractivity contribution in [3.8, 4) is 0 Å². The van der Waals surface area contributed by atoms with Gasteiger partial charge in [-0.3, -0.25) is 9.78 Å². The predicted molar refractivity (Wildman–Crippen MR) is 117 cm³/mol. The first kappa shape index (κ1) is 20.1. The fourth-order valence-electron chi connectivity index (χ4n) is 3.70. The van der Waals surface area contributed by atoms with Crippen LogP contribution in [0.2, 0.25) is 0 Å². The largest absolute Gasteiger partial charge is 0.445 e. The van der Waals surface area contributed by atoms with Crippen molar-refractivity contribution in [1.82, 2.24) is 9.97 Å². The monoisotopic (exact) mass is 425 g/mol. The third-order valence-corrected chi connectivity index (χ3v) is 6.14. The van der Waals surface area contributed by atoms with Crippen LogP contribution in [0.15, 0.2) is 36.0 Å². The second-order valence-electron chi connectivity index (χ2n) is 7.15. The Hall–Kier alpha value is -3.20. The highest BCUT2D eigenvalue weighted by molar-refractivity contribution is 7.17. The molecule has 1 aliphatic heterocycles. The molecule has 0 saturated carbocycles. The molecule has 1 saturated heterocycles. The molecule has 0 radical (unpaired) electrons. The number of rotatable bonds is 5. The van der Waals surface area contributed by atoms with Crippen molar-refractivity contribution in [1.29, 1.82) is 0 Å². The summed E-state index contributed by atoms with van der Waals surface area (Å²) >= 11 is 1.63. The average molecular weight is 426 g/mol. The highest BCUT2D eigenvalue weighted by atomic mass is 32.1. The van der Waals surface area contributed by atoms with E-state index in [-0.39, 0.29) is 12.0 Å². The van der Waals surface area contributed by atoms with Gasteiger partial charge in [0.25, 0.3) is 5.91 Å². The molecule has 1 atom stereocenters. The van der Waals surface area contributed by atoms with Gasteiger partial charge in [0.15, 0.2) is 0 Å². The van der Waals surface area contributed by atoms with Crippen molar-refractivity contribution in [3.63, 3.8) is 0 Å². The van der Waals surface area contributed by atoms with Gasteiger partial charge in [0.1, 0.15) is 11.8 Å². The Balaban J connectivity index is 1.55. The van der Waals surface area contributed by atoms with E-state index in [1.54, 1.807) is 29.8 Å². The molecule has 0 bridgehead atoms. The van der Waals surface area contributed by atoms with Gasteiger partial charge in [-0.1, -0.05) is 6.92 Å². The smallest absolute Gasteiger partial charge is 0.404 e.